The molecule has 0 amide bonds. The first-order valence-electron chi connectivity index (χ1n) is 3.10. The third-order valence-electron chi connectivity index (χ3n) is 1.31. The van der Waals surface area contributed by atoms with E-state index in [4.69, 9.17) is 15.5 Å². The Bertz CT molecular complexity index is 290. The first-order chi connectivity index (χ1) is 5.24. The Balaban J connectivity index is 2.98. The Morgan fingerprint density at radius 1 is 1.45 bits per heavy atom. The minimum Gasteiger partial charge on any atom is -0.508 e. The highest BCUT2D eigenvalue weighted by molar-refractivity contribution is 5.30. The van der Waals surface area contributed by atoms with Crippen molar-refractivity contribution in [2.75, 3.05) is 0 Å². The molecule has 0 unspecified atom stereocenters. The second-order valence-corrected chi connectivity index (χ2v) is 2.13. The zero-order valence-electron chi connectivity index (χ0n) is 5.73. The summed E-state index contributed by atoms with van der Waals surface area (Å²) in [6, 6.07) is 7.64. The van der Waals surface area contributed by atoms with E-state index in [2.05, 4.69) is 0 Å². The zero-order chi connectivity index (χ0) is 8.27. The van der Waals surface area contributed by atoms with E-state index in [-0.39, 0.29) is 5.75 Å². The van der Waals surface area contributed by atoms with Crippen LogP contribution in [0.4, 0.5) is 0 Å². The minimum absolute atomic E-state index is 0.0526. The molecule has 11 heavy (non-hydrogen) atoms. The van der Waals surface area contributed by atoms with Gasteiger partial charge in [-0.15, -0.1) is 0 Å². The lowest BCUT2D eigenvalue weighted by Gasteiger charge is -2.00. The number of aliphatic hydroxyl groups excluding tert-OH is 1. The second-order valence-electron chi connectivity index (χ2n) is 2.13. The molecule has 2 N–H and O–H groups in total. The summed E-state index contributed by atoms with van der Waals surface area (Å²) in [5.41, 5.74) is 0.410. The maximum Gasteiger partial charge on any atom is 0.166 e. The average Bonchev–Trinajstić information content (AvgIpc) is 2.03. The van der Waals surface area contributed by atoms with E-state index in [0.717, 1.165) is 0 Å². The Labute approximate surface area is 64.1 Å². The Kier molecular flexibility index (Phi) is 2.09. The summed E-state index contributed by atoms with van der Waals surface area (Å²) >= 11 is 0. The summed E-state index contributed by atoms with van der Waals surface area (Å²) in [5.74, 6) is 0.0526. The summed E-state index contributed by atoms with van der Waals surface area (Å²) in [5, 5.41) is 26.2. The number of hydrogen-bond donors (Lipinski definition) is 2. The number of nitrogens with zero attached hydrogens (tertiary/aromatic N) is 1. The van der Waals surface area contributed by atoms with Crippen molar-refractivity contribution in [2.24, 2.45) is 0 Å². The van der Waals surface area contributed by atoms with E-state index in [1.807, 2.05) is 0 Å². The van der Waals surface area contributed by atoms with Crippen LogP contribution < -0.4 is 0 Å². The molecule has 1 aromatic rings. The molecule has 1 atom stereocenters. The third-order valence-corrected chi connectivity index (χ3v) is 1.31. The lowest BCUT2D eigenvalue weighted by atomic mass is 10.1. The lowest BCUT2D eigenvalue weighted by Crippen LogP contribution is -1.91. The monoisotopic (exact) mass is 149 g/mol. The molecular weight excluding hydrogens is 142 g/mol. The molecule has 0 aromatic heterocycles. The van der Waals surface area contributed by atoms with Crippen molar-refractivity contribution >= 4 is 0 Å². The summed E-state index contributed by atoms with van der Waals surface area (Å²) in [6.45, 7) is 0. The van der Waals surface area contributed by atoms with Gasteiger partial charge < -0.3 is 10.2 Å². The molecule has 0 bridgehead atoms. The van der Waals surface area contributed by atoms with Crippen LogP contribution in [-0.4, -0.2) is 10.2 Å². The number of hydrogen-bond acceptors (Lipinski definition) is 3. The van der Waals surface area contributed by atoms with Gasteiger partial charge in [0.25, 0.3) is 0 Å². The fourth-order valence-corrected chi connectivity index (χ4v) is 0.769. The first kappa shape index (κ1) is 7.58. The van der Waals surface area contributed by atoms with Crippen LogP contribution in [0.2, 0.25) is 0 Å². The molecule has 0 spiro atoms. The SMILES string of the molecule is N#C[C@H](O)c1cccc(O)c1. The normalized spacial score (nSPS) is 12.0. The van der Waals surface area contributed by atoms with Crippen molar-refractivity contribution in [3.05, 3.63) is 29.8 Å². The Hall–Kier alpha value is -1.53. The number of aliphatic hydroxyl groups is 1. The van der Waals surface area contributed by atoms with Gasteiger partial charge in [-0.05, 0) is 17.7 Å². The number of aromatic hydroxyl groups is 1. The molecule has 3 heteroatoms. The van der Waals surface area contributed by atoms with Gasteiger partial charge in [-0.3, -0.25) is 0 Å². The topological polar surface area (TPSA) is 64.2 Å². The summed E-state index contributed by atoms with van der Waals surface area (Å²) < 4.78 is 0. The molecule has 1 rings (SSSR count). The van der Waals surface area contributed by atoms with E-state index >= 15 is 0 Å². The van der Waals surface area contributed by atoms with Crippen molar-refractivity contribution in [3.63, 3.8) is 0 Å². The molecule has 0 aliphatic rings. The average molecular weight is 149 g/mol. The number of benzene rings is 1. The molecule has 0 radical (unpaired) electrons. The predicted molar refractivity (Wildman–Crippen MR) is 38.7 cm³/mol. The molecule has 1 aromatic carbocycles. The largest absolute Gasteiger partial charge is 0.508 e. The highest BCUT2D eigenvalue weighted by Crippen LogP contribution is 2.16. The molecule has 0 heterocycles. The maximum absolute atomic E-state index is 8.98. The van der Waals surface area contributed by atoms with Crippen LogP contribution in [0.1, 0.15) is 11.7 Å². The van der Waals surface area contributed by atoms with Gasteiger partial charge in [-0.25, -0.2) is 0 Å². The van der Waals surface area contributed by atoms with Crippen LogP contribution in [0.25, 0.3) is 0 Å². The van der Waals surface area contributed by atoms with Gasteiger partial charge in [-0.1, -0.05) is 12.1 Å². The summed E-state index contributed by atoms with van der Waals surface area (Å²) in [7, 11) is 0. The highest BCUT2D eigenvalue weighted by atomic mass is 16.3. The molecule has 0 fully saturated rings. The van der Waals surface area contributed by atoms with Gasteiger partial charge >= 0.3 is 0 Å². The predicted octanol–water partition coefficient (Wildman–Crippen LogP) is 0.949. The van der Waals surface area contributed by atoms with Crippen molar-refractivity contribution < 1.29 is 10.2 Å². The Morgan fingerprint density at radius 2 is 2.18 bits per heavy atom. The third kappa shape index (κ3) is 1.69. The second kappa shape index (κ2) is 3.04. The van der Waals surface area contributed by atoms with Gasteiger partial charge in [0.05, 0.1) is 6.07 Å². The van der Waals surface area contributed by atoms with Crippen molar-refractivity contribution in [2.45, 2.75) is 6.10 Å². The maximum atomic E-state index is 8.98. The number of nitriles is 1. The van der Waals surface area contributed by atoms with Crippen LogP contribution in [0, 0.1) is 11.3 Å². The summed E-state index contributed by atoms with van der Waals surface area (Å²) in [4.78, 5) is 0. The molecule has 0 aliphatic heterocycles. The highest BCUT2D eigenvalue weighted by Gasteiger charge is 2.04. The first-order valence-corrected chi connectivity index (χ1v) is 3.10. The van der Waals surface area contributed by atoms with Gasteiger partial charge in [0.1, 0.15) is 5.75 Å². The van der Waals surface area contributed by atoms with E-state index in [1.54, 1.807) is 18.2 Å². The van der Waals surface area contributed by atoms with E-state index < -0.39 is 6.10 Å². The van der Waals surface area contributed by atoms with Gasteiger partial charge in [0, 0.05) is 0 Å². The molecule has 3 nitrogen and oxygen atoms in total. The minimum atomic E-state index is -1.15. The van der Waals surface area contributed by atoms with Gasteiger partial charge in [0.15, 0.2) is 6.10 Å². The fourth-order valence-electron chi connectivity index (χ4n) is 0.769. The number of rotatable bonds is 1. The van der Waals surface area contributed by atoms with E-state index in [0.29, 0.717) is 5.56 Å². The number of phenolic OH excluding ortho intramolecular Hbond substituents is 1. The van der Waals surface area contributed by atoms with Crippen LogP contribution in [-0.2, 0) is 0 Å². The quantitative estimate of drug-likeness (QED) is 0.584. The fraction of sp³-hybridized carbons (Fsp3) is 0.125. The zero-order valence-corrected chi connectivity index (χ0v) is 5.73. The number of phenols is 1. The van der Waals surface area contributed by atoms with Gasteiger partial charge in [-0.2, -0.15) is 5.26 Å². The Morgan fingerprint density at radius 3 is 2.73 bits per heavy atom. The van der Waals surface area contributed by atoms with Crippen LogP contribution in [0.15, 0.2) is 24.3 Å². The molecule has 0 saturated carbocycles. The van der Waals surface area contributed by atoms with E-state index in [9.17, 15) is 0 Å². The van der Waals surface area contributed by atoms with Gasteiger partial charge in [0.2, 0.25) is 0 Å². The standard InChI is InChI=1S/C8H7NO2/c9-5-8(11)6-2-1-3-7(10)4-6/h1-4,8,10-11H/t8-/m0/s1. The molecule has 0 saturated heterocycles. The van der Waals surface area contributed by atoms with Crippen LogP contribution in [0.3, 0.4) is 0 Å². The molecule has 56 valence electrons. The van der Waals surface area contributed by atoms with Crippen molar-refractivity contribution in [1.29, 1.82) is 5.26 Å². The lowest BCUT2D eigenvalue weighted by molar-refractivity contribution is 0.235. The van der Waals surface area contributed by atoms with E-state index in [1.165, 1.54) is 12.1 Å². The van der Waals surface area contributed by atoms with Crippen LogP contribution >= 0.6 is 0 Å². The summed E-state index contributed by atoms with van der Waals surface area (Å²) in [6.07, 6.45) is -1.15. The molecule has 0 aliphatic carbocycles. The van der Waals surface area contributed by atoms with Crippen molar-refractivity contribution in [1.82, 2.24) is 0 Å². The van der Waals surface area contributed by atoms with Crippen LogP contribution in [0.5, 0.6) is 5.75 Å². The molecular formula is C8H7NO2. The van der Waals surface area contributed by atoms with Crippen molar-refractivity contribution in [3.8, 4) is 11.8 Å². The smallest absolute Gasteiger partial charge is 0.166 e.